The van der Waals surface area contributed by atoms with E-state index in [1.165, 1.54) is 12.8 Å². The van der Waals surface area contributed by atoms with Crippen LogP contribution >= 0.6 is 0 Å². The molecule has 0 atom stereocenters. The van der Waals surface area contributed by atoms with Gasteiger partial charge in [-0.1, -0.05) is 24.3 Å². The molecule has 1 fully saturated rings. The van der Waals surface area contributed by atoms with Gasteiger partial charge in [-0.15, -0.1) is 0 Å². The highest BCUT2D eigenvalue weighted by atomic mass is 16.5. The van der Waals surface area contributed by atoms with Crippen LogP contribution in [0.15, 0.2) is 48.5 Å². The van der Waals surface area contributed by atoms with Gasteiger partial charge in [0.2, 0.25) is 5.91 Å². The van der Waals surface area contributed by atoms with Crippen LogP contribution in [0.3, 0.4) is 0 Å². The molecule has 0 N–H and O–H groups in total. The molecule has 1 aliphatic carbocycles. The first kappa shape index (κ1) is 18.3. The summed E-state index contributed by atoms with van der Waals surface area (Å²) in [5.41, 5.74) is 1.92. The smallest absolute Gasteiger partial charge is 0.227 e. The molecule has 0 saturated heterocycles. The molecule has 4 heteroatoms. The monoisotopic (exact) mass is 353 g/mol. The van der Waals surface area contributed by atoms with Crippen molar-refractivity contribution in [3.63, 3.8) is 0 Å². The molecule has 2 aromatic rings. The second-order valence-corrected chi connectivity index (χ2v) is 6.80. The van der Waals surface area contributed by atoms with Crippen molar-refractivity contribution in [2.75, 3.05) is 19.1 Å². The van der Waals surface area contributed by atoms with Crippen LogP contribution in [-0.4, -0.2) is 26.2 Å². The zero-order valence-electron chi connectivity index (χ0n) is 15.6. The number of nitrogens with zero attached hydrogens (tertiary/aromatic N) is 1. The molecule has 0 unspecified atom stereocenters. The summed E-state index contributed by atoms with van der Waals surface area (Å²) in [6.45, 7) is 0. The number of carbonyl (C=O) groups is 1. The standard InChI is InChI=1S/C22H27NO3/c1-23(20-12-5-6-13-21(20)25-2)22(24)15-14-17-8-7-11-19(16-17)26-18-9-3-4-10-18/h5-8,11-13,16,18H,3-4,9-10,14-15H2,1-2H3. The molecular weight excluding hydrogens is 326 g/mol. The van der Waals surface area contributed by atoms with E-state index in [1.807, 2.05) is 36.4 Å². The fourth-order valence-electron chi connectivity index (χ4n) is 3.43. The molecule has 1 aliphatic rings. The lowest BCUT2D eigenvalue weighted by Gasteiger charge is -2.20. The third kappa shape index (κ3) is 4.57. The van der Waals surface area contributed by atoms with Crippen molar-refractivity contribution in [2.24, 2.45) is 0 Å². The number of methoxy groups -OCH3 is 1. The van der Waals surface area contributed by atoms with E-state index in [1.54, 1.807) is 19.1 Å². The third-order valence-electron chi connectivity index (χ3n) is 4.95. The Morgan fingerprint density at radius 1 is 1.12 bits per heavy atom. The largest absolute Gasteiger partial charge is 0.495 e. The quantitative estimate of drug-likeness (QED) is 0.729. The molecular formula is C22H27NO3. The van der Waals surface area contributed by atoms with Gasteiger partial charge in [-0.25, -0.2) is 0 Å². The lowest BCUT2D eigenvalue weighted by atomic mass is 10.1. The molecule has 26 heavy (non-hydrogen) atoms. The molecule has 4 nitrogen and oxygen atoms in total. The lowest BCUT2D eigenvalue weighted by molar-refractivity contribution is -0.118. The summed E-state index contributed by atoms with van der Waals surface area (Å²) in [5, 5.41) is 0. The molecule has 1 amide bonds. The van der Waals surface area contributed by atoms with Crippen LogP contribution in [0, 0.1) is 0 Å². The van der Waals surface area contributed by atoms with Gasteiger partial charge in [-0.3, -0.25) is 4.79 Å². The average Bonchev–Trinajstić information content (AvgIpc) is 3.18. The van der Waals surface area contributed by atoms with E-state index < -0.39 is 0 Å². The van der Waals surface area contributed by atoms with Crippen molar-refractivity contribution < 1.29 is 14.3 Å². The first-order valence-electron chi connectivity index (χ1n) is 9.32. The lowest BCUT2D eigenvalue weighted by Crippen LogP contribution is -2.26. The molecule has 0 aromatic heterocycles. The number of ether oxygens (including phenoxy) is 2. The zero-order chi connectivity index (χ0) is 18.4. The maximum absolute atomic E-state index is 12.6. The number of benzene rings is 2. The molecule has 138 valence electrons. The Labute approximate surface area is 155 Å². The van der Waals surface area contributed by atoms with Gasteiger partial charge in [-0.05, 0) is 61.9 Å². The summed E-state index contributed by atoms with van der Waals surface area (Å²) >= 11 is 0. The second-order valence-electron chi connectivity index (χ2n) is 6.80. The molecule has 0 bridgehead atoms. The van der Waals surface area contributed by atoms with Gasteiger partial charge in [0.25, 0.3) is 0 Å². The second kappa shape index (κ2) is 8.75. The average molecular weight is 353 g/mol. The number of aryl methyl sites for hydroxylation is 1. The molecule has 2 aromatic carbocycles. The molecule has 3 rings (SSSR count). The van der Waals surface area contributed by atoms with Crippen LogP contribution in [0.5, 0.6) is 11.5 Å². The number of amides is 1. The number of hydrogen-bond acceptors (Lipinski definition) is 3. The highest BCUT2D eigenvalue weighted by Crippen LogP contribution is 2.28. The molecule has 0 spiro atoms. The Bertz CT molecular complexity index is 738. The maximum Gasteiger partial charge on any atom is 0.227 e. The fraction of sp³-hybridized carbons (Fsp3) is 0.409. The summed E-state index contributed by atoms with van der Waals surface area (Å²) in [6.07, 6.45) is 6.30. The Balaban J connectivity index is 1.58. The van der Waals surface area contributed by atoms with Gasteiger partial charge in [0.05, 0.1) is 18.9 Å². The van der Waals surface area contributed by atoms with Gasteiger partial charge >= 0.3 is 0 Å². The summed E-state index contributed by atoms with van der Waals surface area (Å²) in [5.74, 6) is 1.69. The summed E-state index contributed by atoms with van der Waals surface area (Å²) in [6, 6.07) is 15.7. The summed E-state index contributed by atoms with van der Waals surface area (Å²) in [7, 11) is 3.41. The Kier molecular flexibility index (Phi) is 6.16. The Morgan fingerprint density at radius 3 is 2.65 bits per heavy atom. The number of para-hydroxylation sites is 2. The first-order chi connectivity index (χ1) is 12.7. The van der Waals surface area contributed by atoms with Crippen molar-refractivity contribution >= 4 is 11.6 Å². The zero-order valence-corrected chi connectivity index (χ0v) is 15.6. The van der Waals surface area contributed by atoms with Gasteiger partial charge in [-0.2, -0.15) is 0 Å². The van der Waals surface area contributed by atoms with E-state index in [9.17, 15) is 4.79 Å². The molecule has 0 aliphatic heterocycles. The minimum atomic E-state index is 0.0663. The van der Waals surface area contributed by atoms with Gasteiger partial charge in [0.1, 0.15) is 11.5 Å². The molecule has 1 saturated carbocycles. The van der Waals surface area contributed by atoms with Crippen LogP contribution in [-0.2, 0) is 11.2 Å². The van der Waals surface area contributed by atoms with Crippen LogP contribution in [0.4, 0.5) is 5.69 Å². The van der Waals surface area contributed by atoms with Gasteiger partial charge in [0.15, 0.2) is 0 Å². The number of anilines is 1. The molecule has 0 heterocycles. The maximum atomic E-state index is 12.6. The Hall–Kier alpha value is -2.49. The number of hydrogen-bond donors (Lipinski definition) is 0. The van der Waals surface area contributed by atoms with Gasteiger partial charge < -0.3 is 14.4 Å². The van der Waals surface area contributed by atoms with Crippen molar-refractivity contribution in [3.8, 4) is 11.5 Å². The topological polar surface area (TPSA) is 38.8 Å². The van der Waals surface area contributed by atoms with Crippen molar-refractivity contribution in [2.45, 2.75) is 44.6 Å². The van der Waals surface area contributed by atoms with Crippen LogP contribution in [0.1, 0.15) is 37.7 Å². The predicted molar refractivity (Wildman–Crippen MR) is 104 cm³/mol. The van der Waals surface area contributed by atoms with Crippen molar-refractivity contribution in [1.29, 1.82) is 0 Å². The van der Waals surface area contributed by atoms with Crippen LogP contribution in [0.2, 0.25) is 0 Å². The Morgan fingerprint density at radius 2 is 1.88 bits per heavy atom. The summed E-state index contributed by atoms with van der Waals surface area (Å²) in [4.78, 5) is 14.3. The highest BCUT2D eigenvalue weighted by Gasteiger charge is 2.17. The first-order valence-corrected chi connectivity index (χ1v) is 9.32. The molecule has 0 radical (unpaired) electrons. The van der Waals surface area contributed by atoms with Crippen LogP contribution in [0.25, 0.3) is 0 Å². The van der Waals surface area contributed by atoms with E-state index >= 15 is 0 Å². The van der Waals surface area contributed by atoms with E-state index in [2.05, 4.69) is 12.1 Å². The third-order valence-corrected chi connectivity index (χ3v) is 4.95. The van der Waals surface area contributed by atoms with Crippen LogP contribution < -0.4 is 14.4 Å². The number of carbonyl (C=O) groups excluding carboxylic acids is 1. The van der Waals surface area contributed by atoms with Crippen molar-refractivity contribution in [1.82, 2.24) is 0 Å². The normalized spacial score (nSPS) is 14.2. The minimum Gasteiger partial charge on any atom is -0.495 e. The van der Waals surface area contributed by atoms with Crippen molar-refractivity contribution in [3.05, 3.63) is 54.1 Å². The predicted octanol–water partition coefficient (Wildman–Crippen LogP) is 4.61. The number of rotatable bonds is 7. The van der Waals surface area contributed by atoms with E-state index in [0.29, 0.717) is 24.7 Å². The van der Waals surface area contributed by atoms with E-state index in [-0.39, 0.29) is 5.91 Å². The summed E-state index contributed by atoms with van der Waals surface area (Å²) < 4.78 is 11.4. The van der Waals surface area contributed by atoms with E-state index in [4.69, 9.17) is 9.47 Å². The fourth-order valence-corrected chi connectivity index (χ4v) is 3.43. The minimum absolute atomic E-state index is 0.0663. The SMILES string of the molecule is COc1ccccc1N(C)C(=O)CCc1cccc(OC2CCCC2)c1. The highest BCUT2D eigenvalue weighted by molar-refractivity contribution is 5.94. The van der Waals surface area contributed by atoms with E-state index in [0.717, 1.165) is 29.8 Å². The van der Waals surface area contributed by atoms with Gasteiger partial charge in [0, 0.05) is 13.5 Å².